The van der Waals surface area contributed by atoms with E-state index in [0.717, 1.165) is 23.4 Å². The highest BCUT2D eigenvalue weighted by molar-refractivity contribution is 6.30. The van der Waals surface area contributed by atoms with Crippen molar-refractivity contribution in [3.8, 4) is 0 Å². The molecule has 3 rings (SSSR count). The van der Waals surface area contributed by atoms with Crippen molar-refractivity contribution < 1.29 is 4.79 Å². The molecule has 140 valence electrons. The summed E-state index contributed by atoms with van der Waals surface area (Å²) < 4.78 is 0. The van der Waals surface area contributed by atoms with Crippen LogP contribution >= 0.6 is 11.6 Å². The smallest absolute Gasteiger partial charge is 0.167 e. The highest BCUT2D eigenvalue weighted by Gasteiger charge is 2.38. The number of allylic oxidation sites excluding steroid dienone is 4. The molecule has 0 heterocycles. The number of carbonyl (C=O) groups is 1. The maximum Gasteiger partial charge on any atom is 0.167 e. The Hall–Kier alpha value is -2.12. The second kappa shape index (κ2) is 8.71. The zero-order chi connectivity index (χ0) is 19.4. The van der Waals surface area contributed by atoms with Gasteiger partial charge >= 0.3 is 0 Å². The van der Waals surface area contributed by atoms with E-state index in [4.69, 9.17) is 11.6 Å². The lowest BCUT2D eigenvalue weighted by atomic mass is 9.66. The van der Waals surface area contributed by atoms with Gasteiger partial charge in [-0.1, -0.05) is 77.4 Å². The molecule has 2 aromatic rings. The number of hydrogen-bond donors (Lipinski definition) is 0. The van der Waals surface area contributed by atoms with E-state index in [2.05, 4.69) is 45.1 Å². The molecule has 0 saturated heterocycles. The summed E-state index contributed by atoms with van der Waals surface area (Å²) in [5.74, 6) is 0.584. The van der Waals surface area contributed by atoms with Crippen molar-refractivity contribution in [1.82, 2.24) is 0 Å². The zero-order valence-corrected chi connectivity index (χ0v) is 17.0. The van der Waals surface area contributed by atoms with Gasteiger partial charge in [0.25, 0.3) is 0 Å². The predicted molar refractivity (Wildman–Crippen MR) is 114 cm³/mol. The molecule has 0 spiro atoms. The number of halogens is 1. The summed E-state index contributed by atoms with van der Waals surface area (Å²) in [6.45, 7) is 6.41. The first-order valence-corrected chi connectivity index (χ1v) is 10.00. The maximum atomic E-state index is 13.6. The fourth-order valence-electron chi connectivity index (χ4n) is 4.08. The van der Waals surface area contributed by atoms with Crippen LogP contribution in [0.1, 0.15) is 55.5 Å². The standard InChI is InChI=1S/C25H27ClO/c1-17(2)9-15-22-18(3)10-16-23(19-11-13-21(26)14-12-19)24(22)25(27)20-7-5-4-6-8-20/h4-14,22-24H,15-16H2,1-3H3/t22-,23+,24-/m1/s1. The molecule has 0 N–H and O–H groups in total. The molecule has 0 saturated carbocycles. The molecule has 1 nitrogen and oxygen atoms in total. The molecular weight excluding hydrogens is 352 g/mol. The Morgan fingerprint density at radius 3 is 2.37 bits per heavy atom. The van der Waals surface area contributed by atoms with E-state index in [1.807, 2.05) is 42.5 Å². The van der Waals surface area contributed by atoms with Gasteiger partial charge in [0.2, 0.25) is 0 Å². The fraction of sp³-hybridized carbons (Fsp3) is 0.320. The first-order chi connectivity index (χ1) is 13.0. The van der Waals surface area contributed by atoms with E-state index in [9.17, 15) is 4.79 Å². The van der Waals surface area contributed by atoms with Gasteiger partial charge in [0.1, 0.15) is 0 Å². The molecule has 0 aromatic heterocycles. The van der Waals surface area contributed by atoms with Gasteiger partial charge in [0.15, 0.2) is 5.78 Å². The average Bonchev–Trinajstić information content (AvgIpc) is 2.67. The number of Topliss-reactive ketones (excluding diaryl/α,β-unsaturated/α-hetero) is 1. The molecule has 0 amide bonds. The van der Waals surface area contributed by atoms with Crippen molar-refractivity contribution in [2.45, 2.75) is 39.5 Å². The summed E-state index contributed by atoms with van der Waals surface area (Å²) in [5.41, 5.74) is 4.62. The van der Waals surface area contributed by atoms with Crippen LogP contribution in [0.25, 0.3) is 0 Å². The Bertz CT molecular complexity index is 842. The van der Waals surface area contributed by atoms with E-state index in [1.54, 1.807) is 0 Å². The minimum absolute atomic E-state index is 0.0609. The van der Waals surface area contributed by atoms with Crippen LogP contribution in [-0.2, 0) is 0 Å². The van der Waals surface area contributed by atoms with Gasteiger partial charge in [0, 0.05) is 16.5 Å². The first-order valence-electron chi connectivity index (χ1n) is 9.62. The molecule has 1 aliphatic carbocycles. The largest absolute Gasteiger partial charge is 0.294 e. The molecule has 0 fully saturated rings. The average molecular weight is 379 g/mol. The lowest BCUT2D eigenvalue weighted by Crippen LogP contribution is -2.33. The molecule has 27 heavy (non-hydrogen) atoms. The van der Waals surface area contributed by atoms with E-state index in [1.165, 1.54) is 16.7 Å². The number of benzene rings is 2. The third-order valence-corrected chi connectivity index (χ3v) is 5.84. The van der Waals surface area contributed by atoms with E-state index in [0.29, 0.717) is 0 Å². The highest BCUT2D eigenvalue weighted by Crippen LogP contribution is 2.44. The number of ketones is 1. The van der Waals surface area contributed by atoms with Gasteiger partial charge in [-0.2, -0.15) is 0 Å². The van der Waals surface area contributed by atoms with Gasteiger partial charge in [-0.3, -0.25) is 4.79 Å². The summed E-state index contributed by atoms with van der Waals surface area (Å²) in [7, 11) is 0. The number of carbonyl (C=O) groups excluding carboxylic acids is 1. The van der Waals surface area contributed by atoms with Gasteiger partial charge < -0.3 is 0 Å². The third-order valence-electron chi connectivity index (χ3n) is 5.58. The molecule has 0 radical (unpaired) electrons. The minimum Gasteiger partial charge on any atom is -0.294 e. The highest BCUT2D eigenvalue weighted by atomic mass is 35.5. The quantitative estimate of drug-likeness (QED) is 0.395. The second-order valence-corrected chi connectivity index (χ2v) is 8.16. The van der Waals surface area contributed by atoms with E-state index >= 15 is 0 Å². The van der Waals surface area contributed by atoms with Crippen LogP contribution < -0.4 is 0 Å². The van der Waals surface area contributed by atoms with Crippen LogP contribution in [0, 0.1) is 11.8 Å². The van der Waals surface area contributed by atoms with Gasteiger partial charge in [0.05, 0.1) is 0 Å². The van der Waals surface area contributed by atoms with Crippen molar-refractivity contribution >= 4 is 17.4 Å². The molecule has 1 aliphatic rings. The monoisotopic (exact) mass is 378 g/mol. The summed E-state index contributed by atoms with van der Waals surface area (Å²) in [6.07, 6.45) is 6.37. The lowest BCUT2D eigenvalue weighted by Gasteiger charge is -2.37. The van der Waals surface area contributed by atoms with Crippen LogP contribution in [0.3, 0.4) is 0 Å². The van der Waals surface area contributed by atoms with Crippen molar-refractivity contribution in [1.29, 1.82) is 0 Å². The van der Waals surface area contributed by atoms with Crippen molar-refractivity contribution in [2.24, 2.45) is 11.8 Å². The van der Waals surface area contributed by atoms with E-state index < -0.39 is 0 Å². The van der Waals surface area contributed by atoms with Crippen molar-refractivity contribution in [3.05, 3.63) is 94.0 Å². The van der Waals surface area contributed by atoms with Gasteiger partial charge in [-0.15, -0.1) is 0 Å². The Labute approximate surface area is 167 Å². The molecule has 2 aromatic carbocycles. The molecule has 0 unspecified atom stereocenters. The van der Waals surface area contributed by atoms with Crippen LogP contribution in [0.15, 0.2) is 77.9 Å². The third kappa shape index (κ3) is 4.59. The Morgan fingerprint density at radius 2 is 1.74 bits per heavy atom. The molecular formula is C25H27ClO. The Morgan fingerprint density at radius 1 is 1.07 bits per heavy atom. The fourth-order valence-corrected chi connectivity index (χ4v) is 4.21. The van der Waals surface area contributed by atoms with Crippen molar-refractivity contribution in [2.75, 3.05) is 0 Å². The van der Waals surface area contributed by atoms with Crippen LogP contribution in [0.5, 0.6) is 0 Å². The second-order valence-electron chi connectivity index (χ2n) is 7.72. The summed E-state index contributed by atoms with van der Waals surface area (Å²) in [5, 5.41) is 0.730. The topological polar surface area (TPSA) is 17.1 Å². The molecule has 2 heteroatoms. The molecule has 0 bridgehead atoms. The summed E-state index contributed by atoms with van der Waals surface area (Å²) in [6, 6.07) is 17.7. The van der Waals surface area contributed by atoms with Crippen LogP contribution in [0.4, 0.5) is 0 Å². The predicted octanol–water partition coefficient (Wildman–Crippen LogP) is 7.25. The number of hydrogen-bond acceptors (Lipinski definition) is 1. The van der Waals surface area contributed by atoms with Crippen LogP contribution in [-0.4, -0.2) is 5.78 Å². The van der Waals surface area contributed by atoms with Gasteiger partial charge in [-0.05, 0) is 63.1 Å². The Balaban J connectivity index is 2.04. The molecule has 0 aliphatic heterocycles. The van der Waals surface area contributed by atoms with E-state index in [-0.39, 0.29) is 23.5 Å². The lowest BCUT2D eigenvalue weighted by molar-refractivity contribution is 0.0850. The van der Waals surface area contributed by atoms with Crippen molar-refractivity contribution in [3.63, 3.8) is 0 Å². The molecule has 3 atom stereocenters. The zero-order valence-electron chi connectivity index (χ0n) is 16.3. The van der Waals surface area contributed by atoms with Crippen LogP contribution in [0.2, 0.25) is 5.02 Å². The number of rotatable bonds is 5. The SMILES string of the molecule is CC(C)=CC[C@@H]1C(C)=CC[C@@H](c2ccc(Cl)cc2)[C@@H]1C(=O)c1ccccc1. The normalized spacial score (nSPS) is 22.1. The summed E-state index contributed by atoms with van der Waals surface area (Å²) in [4.78, 5) is 13.6. The Kier molecular flexibility index (Phi) is 6.34. The van der Waals surface area contributed by atoms with Gasteiger partial charge in [-0.25, -0.2) is 0 Å². The minimum atomic E-state index is -0.0609. The first kappa shape index (κ1) is 19.6. The summed E-state index contributed by atoms with van der Waals surface area (Å²) >= 11 is 6.10. The maximum absolute atomic E-state index is 13.6.